The van der Waals surface area contributed by atoms with Crippen molar-refractivity contribution in [3.8, 4) is 0 Å². The van der Waals surface area contributed by atoms with Crippen molar-refractivity contribution in [1.29, 1.82) is 0 Å². The van der Waals surface area contributed by atoms with Crippen LogP contribution in [-0.2, 0) is 4.79 Å². The minimum Gasteiger partial charge on any atom is -0.394 e. The van der Waals surface area contributed by atoms with Gasteiger partial charge >= 0.3 is 0 Å². The zero-order valence-corrected chi connectivity index (χ0v) is 35.5. The number of rotatable bonds is 44. The summed E-state index contributed by atoms with van der Waals surface area (Å²) in [5.41, 5.74) is 0. The largest absolute Gasteiger partial charge is 0.394 e. The van der Waals surface area contributed by atoms with E-state index < -0.39 is 18.2 Å². The number of unbranched alkanes of at least 4 members (excludes halogenated alkanes) is 36. The second-order valence-corrected chi connectivity index (χ2v) is 16.7. The maximum absolute atomic E-state index is 12.4. The lowest BCUT2D eigenvalue weighted by Gasteiger charge is -2.26. The van der Waals surface area contributed by atoms with Gasteiger partial charge in [0, 0.05) is 6.42 Å². The first-order valence-electron chi connectivity index (χ1n) is 23.8. The van der Waals surface area contributed by atoms with Crippen molar-refractivity contribution >= 4 is 5.91 Å². The number of hydrogen-bond acceptors (Lipinski definition) is 4. The molecule has 0 aliphatic heterocycles. The van der Waals surface area contributed by atoms with E-state index in [0.717, 1.165) is 32.1 Å². The Balaban J connectivity index is 3.54. The Morgan fingerprint density at radius 1 is 0.404 bits per heavy atom. The highest BCUT2D eigenvalue weighted by Crippen LogP contribution is 2.18. The van der Waals surface area contributed by atoms with E-state index in [9.17, 15) is 20.1 Å². The summed E-state index contributed by atoms with van der Waals surface area (Å²) < 4.78 is 0. The summed E-state index contributed by atoms with van der Waals surface area (Å²) in [7, 11) is 0. The van der Waals surface area contributed by atoms with Gasteiger partial charge in [-0.25, -0.2) is 0 Å². The summed E-state index contributed by atoms with van der Waals surface area (Å²) in [5, 5.41) is 33.6. The molecule has 0 saturated heterocycles. The van der Waals surface area contributed by atoms with Gasteiger partial charge in [-0.1, -0.05) is 251 Å². The second-order valence-electron chi connectivity index (χ2n) is 16.7. The molecule has 5 nitrogen and oxygen atoms in total. The highest BCUT2D eigenvalue weighted by atomic mass is 16.3. The van der Waals surface area contributed by atoms with Crippen molar-refractivity contribution in [2.45, 2.75) is 289 Å². The first kappa shape index (κ1) is 51.4. The second kappa shape index (κ2) is 43.1. The highest BCUT2D eigenvalue weighted by molar-refractivity contribution is 5.76. The van der Waals surface area contributed by atoms with Gasteiger partial charge in [0.15, 0.2) is 0 Å². The molecule has 3 atom stereocenters. The van der Waals surface area contributed by atoms with Crippen molar-refractivity contribution in [1.82, 2.24) is 5.32 Å². The molecule has 0 aliphatic carbocycles. The lowest BCUT2D eigenvalue weighted by atomic mass is 9.99. The quantitative estimate of drug-likeness (QED) is 0.0469. The fraction of sp³-hybridized carbons (Fsp3) is 0.979. The van der Waals surface area contributed by atoms with Crippen LogP contribution in [0.3, 0.4) is 0 Å². The van der Waals surface area contributed by atoms with Crippen LogP contribution >= 0.6 is 0 Å². The van der Waals surface area contributed by atoms with E-state index in [1.807, 2.05) is 0 Å². The molecule has 4 N–H and O–H groups in total. The van der Waals surface area contributed by atoms with Gasteiger partial charge in [-0.2, -0.15) is 0 Å². The zero-order valence-electron chi connectivity index (χ0n) is 35.5. The predicted molar refractivity (Wildman–Crippen MR) is 227 cm³/mol. The lowest BCUT2D eigenvalue weighted by molar-refractivity contribution is -0.124. The van der Waals surface area contributed by atoms with Gasteiger partial charge in [-0.3, -0.25) is 4.79 Å². The van der Waals surface area contributed by atoms with E-state index in [0.29, 0.717) is 12.8 Å². The van der Waals surface area contributed by atoms with Crippen LogP contribution in [0.2, 0.25) is 0 Å². The van der Waals surface area contributed by atoms with E-state index in [4.69, 9.17) is 0 Å². The topological polar surface area (TPSA) is 89.8 Å². The summed E-state index contributed by atoms with van der Waals surface area (Å²) in [6.45, 7) is 4.21. The van der Waals surface area contributed by atoms with Crippen LogP contribution in [0.25, 0.3) is 0 Å². The Hall–Kier alpha value is -0.650. The average Bonchev–Trinajstić information content (AvgIpc) is 3.15. The maximum atomic E-state index is 12.4. The summed E-state index contributed by atoms with van der Waals surface area (Å²) in [6.07, 6.45) is 49.3. The molecule has 0 rings (SSSR count). The summed E-state index contributed by atoms with van der Waals surface area (Å²) in [5.74, 6) is -0.139. The molecule has 0 heterocycles. The van der Waals surface area contributed by atoms with E-state index in [1.165, 1.54) is 212 Å². The van der Waals surface area contributed by atoms with Gasteiger partial charge in [0.05, 0.1) is 18.8 Å². The number of amides is 1. The van der Waals surface area contributed by atoms with Crippen LogP contribution in [0.1, 0.15) is 271 Å². The summed E-state index contributed by atoms with van der Waals surface area (Å²) in [6, 6.07) is -0.803. The first-order valence-corrected chi connectivity index (χ1v) is 23.8. The molecular formula is C47H95NO4. The van der Waals surface area contributed by atoms with Gasteiger partial charge in [0.25, 0.3) is 0 Å². The average molecular weight is 738 g/mol. The third-order valence-corrected chi connectivity index (χ3v) is 11.5. The van der Waals surface area contributed by atoms with E-state index >= 15 is 0 Å². The van der Waals surface area contributed by atoms with Gasteiger partial charge in [-0.15, -0.1) is 0 Å². The fourth-order valence-corrected chi connectivity index (χ4v) is 7.75. The Morgan fingerprint density at radius 2 is 0.654 bits per heavy atom. The molecule has 5 heteroatoms. The van der Waals surface area contributed by atoms with Crippen LogP contribution in [0.15, 0.2) is 0 Å². The molecule has 52 heavy (non-hydrogen) atoms. The fourth-order valence-electron chi connectivity index (χ4n) is 7.75. The molecule has 0 aromatic carbocycles. The minimum atomic E-state index is -1.13. The smallest absolute Gasteiger partial charge is 0.220 e. The Kier molecular flexibility index (Phi) is 42.5. The third kappa shape index (κ3) is 37.7. The van der Waals surface area contributed by atoms with Crippen LogP contribution in [-0.4, -0.2) is 46.1 Å². The number of hydrogen-bond donors (Lipinski definition) is 4. The molecule has 3 unspecified atom stereocenters. The maximum Gasteiger partial charge on any atom is 0.220 e. The molecule has 0 aromatic heterocycles. The van der Waals surface area contributed by atoms with Crippen LogP contribution in [0.4, 0.5) is 0 Å². The van der Waals surface area contributed by atoms with Crippen molar-refractivity contribution in [3.63, 3.8) is 0 Å². The number of aliphatic hydroxyl groups is 3. The van der Waals surface area contributed by atoms with E-state index in [2.05, 4.69) is 19.2 Å². The van der Waals surface area contributed by atoms with Gasteiger partial charge in [0.1, 0.15) is 6.10 Å². The number of carbonyl (C=O) groups is 1. The van der Waals surface area contributed by atoms with Gasteiger partial charge in [0.2, 0.25) is 5.91 Å². The molecule has 0 aromatic rings. The number of carbonyl (C=O) groups excluding carboxylic acids is 1. The van der Waals surface area contributed by atoms with Crippen molar-refractivity contribution in [2.24, 2.45) is 0 Å². The Labute approximate surface area is 326 Å². The van der Waals surface area contributed by atoms with Crippen molar-refractivity contribution < 1.29 is 20.1 Å². The predicted octanol–water partition coefficient (Wildman–Crippen LogP) is 13.8. The molecule has 0 bridgehead atoms. The van der Waals surface area contributed by atoms with E-state index in [1.54, 1.807) is 0 Å². The SMILES string of the molecule is CCCCCCCCCCCCCCCCCCCCCCCCC(O)C(O)C(CO)NC(=O)CCCCCCCCCCCCCCCCCC. The molecule has 1 amide bonds. The molecule has 0 aliphatic rings. The molecule has 0 radical (unpaired) electrons. The minimum absolute atomic E-state index is 0.139. The van der Waals surface area contributed by atoms with Crippen LogP contribution < -0.4 is 5.32 Å². The third-order valence-electron chi connectivity index (χ3n) is 11.5. The summed E-state index contributed by atoms with van der Waals surface area (Å²) >= 11 is 0. The molecule has 0 spiro atoms. The normalized spacial score (nSPS) is 13.4. The molecule has 0 saturated carbocycles. The van der Waals surface area contributed by atoms with Crippen molar-refractivity contribution in [3.05, 3.63) is 0 Å². The Morgan fingerprint density at radius 3 is 0.923 bits per heavy atom. The zero-order chi connectivity index (χ0) is 38.0. The van der Waals surface area contributed by atoms with Crippen molar-refractivity contribution in [2.75, 3.05) is 6.61 Å². The molecule has 312 valence electrons. The highest BCUT2D eigenvalue weighted by Gasteiger charge is 2.26. The molecule has 0 fully saturated rings. The van der Waals surface area contributed by atoms with E-state index in [-0.39, 0.29) is 12.5 Å². The number of aliphatic hydroxyl groups excluding tert-OH is 3. The van der Waals surface area contributed by atoms with Gasteiger partial charge < -0.3 is 20.6 Å². The molecular weight excluding hydrogens is 643 g/mol. The Bertz CT molecular complexity index is 688. The number of nitrogens with one attached hydrogen (secondary N) is 1. The standard InChI is InChI=1S/C47H95NO4/c1-3-5-7-9-11-13-15-17-19-21-22-23-24-25-26-27-29-31-33-35-37-39-41-45(50)47(52)44(43-49)48-46(51)42-40-38-36-34-32-30-28-20-18-16-14-12-10-8-6-4-2/h44-45,47,49-50,52H,3-43H2,1-2H3,(H,48,51). The summed E-state index contributed by atoms with van der Waals surface area (Å²) in [4.78, 5) is 12.4. The van der Waals surface area contributed by atoms with Gasteiger partial charge in [-0.05, 0) is 12.8 Å². The lowest BCUT2D eigenvalue weighted by Crippen LogP contribution is -2.50. The monoisotopic (exact) mass is 738 g/mol. The first-order chi connectivity index (χ1) is 25.6. The van der Waals surface area contributed by atoms with Crippen LogP contribution in [0, 0.1) is 0 Å². The van der Waals surface area contributed by atoms with Crippen LogP contribution in [0.5, 0.6) is 0 Å².